The van der Waals surface area contributed by atoms with Gasteiger partial charge in [0.05, 0.1) is 6.10 Å². The van der Waals surface area contributed by atoms with Crippen LogP contribution in [-0.2, 0) is 13.1 Å². The summed E-state index contributed by atoms with van der Waals surface area (Å²) in [5, 5.41) is 3.11. The van der Waals surface area contributed by atoms with Gasteiger partial charge in [0.1, 0.15) is 17.4 Å². The number of rotatable bonds is 6. The molecule has 0 aliphatic heterocycles. The molecule has 4 heteroatoms. The van der Waals surface area contributed by atoms with Gasteiger partial charge in [0.2, 0.25) is 0 Å². The van der Waals surface area contributed by atoms with Crippen LogP contribution in [0.3, 0.4) is 0 Å². The molecular formula is C17H19F2NO. The van der Waals surface area contributed by atoms with Gasteiger partial charge in [0.15, 0.2) is 0 Å². The standard InChI is InChI=1S/C17H19F2NO/c1-12(2)21-17-6-4-3-5-13(17)10-20-11-14-9-15(18)7-8-16(14)19/h3-9,12,20H,10-11H2,1-2H3. The Morgan fingerprint density at radius 2 is 1.71 bits per heavy atom. The minimum atomic E-state index is -0.434. The third-order valence-corrected chi connectivity index (χ3v) is 2.97. The third kappa shape index (κ3) is 4.53. The van der Waals surface area contributed by atoms with Crippen molar-refractivity contribution in [2.24, 2.45) is 0 Å². The van der Waals surface area contributed by atoms with Crippen molar-refractivity contribution in [3.05, 3.63) is 65.2 Å². The van der Waals surface area contributed by atoms with Crippen LogP contribution in [-0.4, -0.2) is 6.10 Å². The third-order valence-electron chi connectivity index (χ3n) is 2.97. The molecule has 0 heterocycles. The zero-order chi connectivity index (χ0) is 15.2. The van der Waals surface area contributed by atoms with Gasteiger partial charge in [-0.3, -0.25) is 0 Å². The van der Waals surface area contributed by atoms with E-state index in [1.165, 1.54) is 6.07 Å². The van der Waals surface area contributed by atoms with Crippen LogP contribution in [0.15, 0.2) is 42.5 Å². The Hall–Kier alpha value is -1.94. The van der Waals surface area contributed by atoms with Gasteiger partial charge in [-0.25, -0.2) is 8.78 Å². The van der Waals surface area contributed by atoms with Gasteiger partial charge in [-0.05, 0) is 38.1 Å². The second kappa shape index (κ2) is 7.18. The predicted molar refractivity (Wildman–Crippen MR) is 79.1 cm³/mol. The van der Waals surface area contributed by atoms with Crippen molar-refractivity contribution in [3.63, 3.8) is 0 Å². The van der Waals surface area contributed by atoms with Crippen molar-refractivity contribution in [1.82, 2.24) is 5.32 Å². The lowest BCUT2D eigenvalue weighted by atomic mass is 10.1. The average molecular weight is 291 g/mol. The van der Waals surface area contributed by atoms with Crippen molar-refractivity contribution < 1.29 is 13.5 Å². The number of nitrogens with one attached hydrogen (secondary N) is 1. The SMILES string of the molecule is CC(C)Oc1ccccc1CNCc1cc(F)ccc1F. The van der Waals surface area contributed by atoms with E-state index in [0.717, 1.165) is 23.4 Å². The second-order valence-electron chi connectivity index (χ2n) is 5.11. The molecule has 0 saturated carbocycles. The molecule has 0 radical (unpaired) electrons. The summed E-state index contributed by atoms with van der Waals surface area (Å²) in [6.45, 7) is 4.72. The highest BCUT2D eigenvalue weighted by molar-refractivity contribution is 5.33. The Bertz CT molecular complexity index is 599. The summed E-state index contributed by atoms with van der Waals surface area (Å²) in [4.78, 5) is 0. The summed E-state index contributed by atoms with van der Waals surface area (Å²) < 4.78 is 32.3. The van der Waals surface area contributed by atoms with Gasteiger partial charge in [-0.15, -0.1) is 0 Å². The second-order valence-corrected chi connectivity index (χ2v) is 5.11. The Morgan fingerprint density at radius 3 is 2.48 bits per heavy atom. The van der Waals surface area contributed by atoms with E-state index < -0.39 is 11.6 Å². The highest BCUT2D eigenvalue weighted by Gasteiger charge is 2.06. The molecule has 0 aliphatic carbocycles. The maximum absolute atomic E-state index is 13.5. The lowest BCUT2D eigenvalue weighted by Crippen LogP contribution is -2.16. The summed E-state index contributed by atoms with van der Waals surface area (Å²) in [5.41, 5.74) is 1.31. The largest absolute Gasteiger partial charge is 0.491 e. The molecule has 2 aromatic carbocycles. The van der Waals surface area contributed by atoms with Crippen molar-refractivity contribution in [2.75, 3.05) is 0 Å². The van der Waals surface area contributed by atoms with Crippen molar-refractivity contribution in [2.45, 2.75) is 33.0 Å². The molecule has 0 aliphatic rings. The fourth-order valence-electron chi connectivity index (χ4n) is 2.03. The molecule has 0 amide bonds. The van der Waals surface area contributed by atoms with Crippen LogP contribution >= 0.6 is 0 Å². The molecular weight excluding hydrogens is 272 g/mol. The van der Waals surface area contributed by atoms with E-state index in [2.05, 4.69) is 5.32 Å². The fraction of sp³-hybridized carbons (Fsp3) is 0.294. The summed E-state index contributed by atoms with van der Waals surface area (Å²) in [5.74, 6) is -0.0351. The Balaban J connectivity index is 1.99. The van der Waals surface area contributed by atoms with E-state index in [9.17, 15) is 8.78 Å². The normalized spacial score (nSPS) is 10.9. The van der Waals surface area contributed by atoms with E-state index in [0.29, 0.717) is 12.1 Å². The van der Waals surface area contributed by atoms with E-state index in [4.69, 9.17) is 4.74 Å². The average Bonchev–Trinajstić information content (AvgIpc) is 2.44. The number of para-hydroxylation sites is 1. The topological polar surface area (TPSA) is 21.3 Å². The monoisotopic (exact) mass is 291 g/mol. The summed E-state index contributed by atoms with van der Waals surface area (Å²) >= 11 is 0. The first kappa shape index (κ1) is 15.4. The highest BCUT2D eigenvalue weighted by atomic mass is 19.1. The van der Waals surface area contributed by atoms with E-state index in [1.54, 1.807) is 0 Å². The van der Waals surface area contributed by atoms with Gasteiger partial charge in [-0.1, -0.05) is 18.2 Å². The number of hydrogen-bond donors (Lipinski definition) is 1. The minimum Gasteiger partial charge on any atom is -0.491 e. The lowest BCUT2D eigenvalue weighted by molar-refractivity contribution is 0.239. The molecule has 2 aromatic rings. The van der Waals surface area contributed by atoms with Gasteiger partial charge < -0.3 is 10.1 Å². The van der Waals surface area contributed by atoms with Crippen LogP contribution in [0.25, 0.3) is 0 Å². The van der Waals surface area contributed by atoms with E-state index >= 15 is 0 Å². The molecule has 2 nitrogen and oxygen atoms in total. The molecule has 0 fully saturated rings. The van der Waals surface area contributed by atoms with Crippen molar-refractivity contribution in [1.29, 1.82) is 0 Å². The molecule has 0 atom stereocenters. The molecule has 0 saturated heterocycles. The van der Waals surface area contributed by atoms with Crippen molar-refractivity contribution in [3.8, 4) is 5.75 Å². The summed E-state index contributed by atoms with van der Waals surface area (Å²) in [7, 11) is 0. The zero-order valence-electron chi connectivity index (χ0n) is 12.2. The van der Waals surface area contributed by atoms with Crippen LogP contribution in [0.2, 0.25) is 0 Å². The van der Waals surface area contributed by atoms with E-state index in [-0.39, 0.29) is 12.6 Å². The Labute approximate surface area is 123 Å². The summed E-state index contributed by atoms with van der Waals surface area (Å²) in [6, 6.07) is 11.2. The minimum absolute atomic E-state index is 0.0896. The van der Waals surface area contributed by atoms with Crippen LogP contribution in [0.5, 0.6) is 5.75 Å². The molecule has 0 spiro atoms. The van der Waals surface area contributed by atoms with Crippen molar-refractivity contribution >= 4 is 0 Å². The Morgan fingerprint density at radius 1 is 1.00 bits per heavy atom. The fourth-order valence-corrected chi connectivity index (χ4v) is 2.03. The van der Waals surface area contributed by atoms with Gasteiger partial charge in [0.25, 0.3) is 0 Å². The van der Waals surface area contributed by atoms with E-state index in [1.807, 2.05) is 38.1 Å². The van der Waals surface area contributed by atoms with Gasteiger partial charge in [0, 0.05) is 24.2 Å². The smallest absolute Gasteiger partial charge is 0.127 e. The highest BCUT2D eigenvalue weighted by Crippen LogP contribution is 2.19. The predicted octanol–water partition coefficient (Wildman–Crippen LogP) is 4.04. The first-order valence-electron chi connectivity index (χ1n) is 6.95. The molecule has 0 bridgehead atoms. The van der Waals surface area contributed by atoms with Gasteiger partial charge >= 0.3 is 0 Å². The summed E-state index contributed by atoms with van der Waals surface area (Å²) in [6.07, 6.45) is 0.0896. The van der Waals surface area contributed by atoms with Crippen LogP contribution < -0.4 is 10.1 Å². The molecule has 2 rings (SSSR count). The van der Waals surface area contributed by atoms with Crippen LogP contribution in [0.4, 0.5) is 8.78 Å². The maximum atomic E-state index is 13.5. The molecule has 21 heavy (non-hydrogen) atoms. The maximum Gasteiger partial charge on any atom is 0.127 e. The van der Waals surface area contributed by atoms with Crippen LogP contribution in [0, 0.1) is 11.6 Å². The molecule has 112 valence electrons. The number of ether oxygens (including phenoxy) is 1. The first-order chi connectivity index (χ1) is 10.1. The number of halogens is 2. The Kier molecular flexibility index (Phi) is 5.28. The molecule has 1 N–H and O–H groups in total. The number of benzene rings is 2. The lowest BCUT2D eigenvalue weighted by Gasteiger charge is -2.14. The quantitative estimate of drug-likeness (QED) is 0.867. The molecule has 0 aromatic heterocycles. The van der Waals surface area contributed by atoms with Gasteiger partial charge in [-0.2, -0.15) is 0 Å². The first-order valence-corrected chi connectivity index (χ1v) is 6.95. The zero-order valence-corrected chi connectivity index (χ0v) is 12.2. The number of hydrogen-bond acceptors (Lipinski definition) is 2. The van der Waals surface area contributed by atoms with Crippen LogP contribution in [0.1, 0.15) is 25.0 Å². The molecule has 0 unspecified atom stereocenters.